The molecule has 1 amide bonds. The summed E-state index contributed by atoms with van der Waals surface area (Å²) in [6, 6.07) is 3.30. The summed E-state index contributed by atoms with van der Waals surface area (Å²) in [5.74, 6) is -1.03. The maximum absolute atomic E-state index is 11.9. The fourth-order valence-corrected chi connectivity index (χ4v) is 1.47. The minimum Gasteiger partial charge on any atom is -0.343 e. The molecule has 1 N–H and O–H groups in total. The SMILES string of the molecule is O=C(NCC(F)(F)F)c1ccc(Br)c([N+](=O)[O-])c1. The molecule has 5 nitrogen and oxygen atoms in total. The second kappa shape index (κ2) is 5.34. The molecule has 1 aromatic rings. The van der Waals surface area contributed by atoms with Gasteiger partial charge in [0, 0.05) is 11.6 Å². The lowest BCUT2D eigenvalue weighted by Crippen LogP contribution is -2.33. The van der Waals surface area contributed by atoms with Crippen molar-refractivity contribution in [2.24, 2.45) is 0 Å². The van der Waals surface area contributed by atoms with Crippen LogP contribution in [0.4, 0.5) is 18.9 Å². The van der Waals surface area contributed by atoms with E-state index in [1.165, 1.54) is 12.1 Å². The Hall–Kier alpha value is -1.64. The molecule has 0 radical (unpaired) electrons. The van der Waals surface area contributed by atoms with E-state index in [-0.39, 0.29) is 10.0 Å². The molecule has 0 aliphatic rings. The second-order valence-corrected chi connectivity index (χ2v) is 4.08. The summed E-state index contributed by atoms with van der Waals surface area (Å²) in [5, 5.41) is 12.2. The molecule has 9 heteroatoms. The van der Waals surface area contributed by atoms with E-state index in [9.17, 15) is 28.1 Å². The molecule has 1 rings (SSSR count). The first-order valence-electron chi connectivity index (χ1n) is 4.49. The van der Waals surface area contributed by atoms with E-state index >= 15 is 0 Å². The van der Waals surface area contributed by atoms with E-state index in [1.807, 2.05) is 0 Å². The molecule has 98 valence electrons. The number of alkyl halides is 3. The van der Waals surface area contributed by atoms with Crippen LogP contribution < -0.4 is 5.32 Å². The second-order valence-electron chi connectivity index (χ2n) is 3.22. The van der Waals surface area contributed by atoms with Crippen LogP contribution in [0.15, 0.2) is 22.7 Å². The first-order chi connectivity index (χ1) is 8.20. The first-order valence-corrected chi connectivity index (χ1v) is 5.29. The van der Waals surface area contributed by atoms with Crippen LogP contribution in [0.1, 0.15) is 10.4 Å². The Morgan fingerprint density at radius 1 is 1.44 bits per heavy atom. The molecule has 1 aromatic carbocycles. The van der Waals surface area contributed by atoms with Gasteiger partial charge in [0.1, 0.15) is 6.54 Å². The highest BCUT2D eigenvalue weighted by molar-refractivity contribution is 9.10. The maximum Gasteiger partial charge on any atom is 0.405 e. The highest BCUT2D eigenvalue weighted by Crippen LogP contribution is 2.25. The van der Waals surface area contributed by atoms with E-state index in [4.69, 9.17) is 0 Å². The van der Waals surface area contributed by atoms with Gasteiger partial charge in [-0.15, -0.1) is 0 Å². The van der Waals surface area contributed by atoms with Gasteiger partial charge in [-0.25, -0.2) is 0 Å². The van der Waals surface area contributed by atoms with Crippen molar-refractivity contribution < 1.29 is 22.9 Å². The number of nitrogens with one attached hydrogen (secondary N) is 1. The van der Waals surface area contributed by atoms with Gasteiger partial charge in [-0.05, 0) is 28.1 Å². The number of rotatable bonds is 3. The van der Waals surface area contributed by atoms with Crippen molar-refractivity contribution in [2.45, 2.75) is 6.18 Å². The number of nitro benzene ring substituents is 1. The zero-order valence-corrected chi connectivity index (χ0v) is 10.2. The third-order valence-electron chi connectivity index (χ3n) is 1.85. The van der Waals surface area contributed by atoms with Crippen LogP contribution >= 0.6 is 15.9 Å². The van der Waals surface area contributed by atoms with Crippen molar-refractivity contribution in [1.82, 2.24) is 5.32 Å². The van der Waals surface area contributed by atoms with Gasteiger partial charge >= 0.3 is 6.18 Å². The Labute approximate surface area is 107 Å². The van der Waals surface area contributed by atoms with Crippen molar-refractivity contribution in [2.75, 3.05) is 6.54 Å². The van der Waals surface area contributed by atoms with Gasteiger partial charge in [-0.2, -0.15) is 13.2 Å². The minimum absolute atomic E-state index is 0.139. The Balaban J connectivity index is 2.87. The quantitative estimate of drug-likeness (QED) is 0.685. The Morgan fingerprint density at radius 2 is 2.06 bits per heavy atom. The van der Waals surface area contributed by atoms with Crippen LogP contribution in [-0.4, -0.2) is 23.6 Å². The Morgan fingerprint density at radius 3 is 2.56 bits per heavy atom. The van der Waals surface area contributed by atoms with Gasteiger partial charge in [-0.3, -0.25) is 14.9 Å². The van der Waals surface area contributed by atoms with Gasteiger partial charge in [0.05, 0.1) is 9.40 Å². The van der Waals surface area contributed by atoms with Crippen molar-refractivity contribution in [1.29, 1.82) is 0 Å². The average Bonchev–Trinajstić information content (AvgIpc) is 2.25. The van der Waals surface area contributed by atoms with Crippen molar-refractivity contribution in [3.63, 3.8) is 0 Å². The van der Waals surface area contributed by atoms with Crippen LogP contribution in [0.5, 0.6) is 0 Å². The number of nitro groups is 1. The highest BCUT2D eigenvalue weighted by Gasteiger charge is 2.28. The summed E-state index contributed by atoms with van der Waals surface area (Å²) >= 11 is 2.90. The predicted molar refractivity (Wildman–Crippen MR) is 59.2 cm³/mol. The Bertz CT molecular complexity index is 490. The third kappa shape index (κ3) is 3.99. The number of benzene rings is 1. The number of amides is 1. The zero-order valence-electron chi connectivity index (χ0n) is 8.62. The summed E-state index contributed by atoms with van der Waals surface area (Å²) in [6.07, 6.45) is -4.53. The summed E-state index contributed by atoms with van der Waals surface area (Å²) in [6.45, 7) is -1.49. The predicted octanol–water partition coefficient (Wildman–Crippen LogP) is 2.65. The van der Waals surface area contributed by atoms with E-state index in [1.54, 1.807) is 5.32 Å². The van der Waals surface area contributed by atoms with E-state index in [0.717, 1.165) is 6.07 Å². The molecule has 0 aliphatic heterocycles. The van der Waals surface area contributed by atoms with E-state index in [2.05, 4.69) is 15.9 Å². The Kier molecular flexibility index (Phi) is 4.28. The molecule has 0 atom stereocenters. The molecule has 0 saturated heterocycles. The average molecular weight is 327 g/mol. The summed E-state index contributed by atoms with van der Waals surface area (Å²) in [4.78, 5) is 21.2. The molecule has 0 aliphatic carbocycles. The standard InChI is InChI=1S/C9H6BrF3N2O3/c10-6-2-1-5(3-7(6)15(17)18)8(16)14-4-9(11,12)13/h1-3H,4H2,(H,14,16). The van der Waals surface area contributed by atoms with Crippen LogP contribution in [0.3, 0.4) is 0 Å². The molecule has 18 heavy (non-hydrogen) atoms. The third-order valence-corrected chi connectivity index (χ3v) is 2.52. The zero-order chi connectivity index (χ0) is 13.9. The van der Waals surface area contributed by atoms with Gasteiger partial charge in [-0.1, -0.05) is 0 Å². The molecule has 0 aromatic heterocycles. The smallest absolute Gasteiger partial charge is 0.343 e. The van der Waals surface area contributed by atoms with Crippen molar-refractivity contribution in [3.8, 4) is 0 Å². The number of hydrogen-bond acceptors (Lipinski definition) is 3. The molecule has 0 saturated carbocycles. The van der Waals surface area contributed by atoms with E-state index in [0.29, 0.717) is 0 Å². The van der Waals surface area contributed by atoms with Crippen LogP contribution in [0.25, 0.3) is 0 Å². The lowest BCUT2D eigenvalue weighted by atomic mass is 10.2. The number of carbonyl (C=O) groups excluding carboxylic acids is 1. The fraction of sp³-hybridized carbons (Fsp3) is 0.222. The minimum atomic E-state index is -4.53. The molecule has 0 unspecified atom stereocenters. The molecular formula is C9H6BrF3N2O3. The largest absolute Gasteiger partial charge is 0.405 e. The number of halogens is 4. The normalized spacial score (nSPS) is 11.1. The summed E-state index contributed by atoms with van der Waals surface area (Å²) < 4.78 is 35.8. The van der Waals surface area contributed by atoms with Crippen LogP contribution in [0, 0.1) is 10.1 Å². The maximum atomic E-state index is 11.9. The summed E-state index contributed by atoms with van der Waals surface area (Å²) in [5.41, 5.74) is -0.608. The van der Waals surface area contributed by atoms with Gasteiger partial charge in [0.25, 0.3) is 11.6 Å². The summed E-state index contributed by atoms with van der Waals surface area (Å²) in [7, 11) is 0. The molecule has 0 spiro atoms. The molecular weight excluding hydrogens is 321 g/mol. The van der Waals surface area contributed by atoms with Gasteiger partial charge in [0.2, 0.25) is 0 Å². The van der Waals surface area contributed by atoms with Crippen LogP contribution in [-0.2, 0) is 0 Å². The van der Waals surface area contributed by atoms with Gasteiger partial charge < -0.3 is 5.32 Å². The number of hydrogen-bond donors (Lipinski definition) is 1. The molecule has 0 heterocycles. The highest BCUT2D eigenvalue weighted by atomic mass is 79.9. The van der Waals surface area contributed by atoms with Crippen molar-refractivity contribution in [3.05, 3.63) is 38.3 Å². The van der Waals surface area contributed by atoms with Gasteiger partial charge in [0.15, 0.2) is 0 Å². The van der Waals surface area contributed by atoms with E-state index < -0.39 is 29.2 Å². The lowest BCUT2D eigenvalue weighted by molar-refractivity contribution is -0.385. The lowest BCUT2D eigenvalue weighted by Gasteiger charge is -2.08. The molecule has 0 fully saturated rings. The van der Waals surface area contributed by atoms with Crippen molar-refractivity contribution >= 4 is 27.5 Å². The number of nitrogens with zero attached hydrogens (tertiary/aromatic N) is 1. The topological polar surface area (TPSA) is 72.2 Å². The first kappa shape index (κ1) is 14.4. The van der Waals surface area contributed by atoms with Crippen LogP contribution in [0.2, 0.25) is 0 Å². The number of carbonyl (C=O) groups is 1. The fourth-order valence-electron chi connectivity index (χ4n) is 1.08. The monoisotopic (exact) mass is 326 g/mol. The molecule has 0 bridgehead atoms.